The average molecular weight is 371 g/mol. The number of carbonyl (C=O) groups excluding carboxylic acids is 1. The molecule has 0 atom stereocenters. The van der Waals surface area contributed by atoms with Crippen LogP contribution in [-0.4, -0.2) is 23.7 Å². The molecule has 0 unspecified atom stereocenters. The number of hydrogen-bond acceptors (Lipinski definition) is 3. The van der Waals surface area contributed by atoms with Crippen LogP contribution in [0.3, 0.4) is 0 Å². The molecule has 1 aliphatic heterocycles. The Hall–Kier alpha value is -0.710. The first-order chi connectivity index (χ1) is 10.8. The first-order valence-corrected chi connectivity index (χ1v) is 9.45. The van der Waals surface area contributed by atoms with E-state index in [0.717, 1.165) is 30.8 Å². The molecule has 0 aromatic heterocycles. The zero-order chi connectivity index (χ0) is 16.9. The highest BCUT2D eigenvalue weighted by atomic mass is 35.5. The van der Waals surface area contributed by atoms with E-state index in [-0.39, 0.29) is 23.1 Å². The molecule has 0 saturated carbocycles. The molecule has 1 heterocycles. The topological polar surface area (TPSA) is 41.1 Å². The van der Waals surface area contributed by atoms with E-state index in [9.17, 15) is 4.79 Å². The monoisotopic (exact) mass is 370 g/mol. The molecule has 1 amide bonds. The van der Waals surface area contributed by atoms with Crippen LogP contribution in [0.4, 0.5) is 5.69 Å². The average Bonchev–Trinajstić information content (AvgIpc) is 2.47. The number of hydrogen-bond donors (Lipinski definition) is 2. The molecule has 0 bridgehead atoms. The first kappa shape index (κ1) is 21.3. The summed E-state index contributed by atoms with van der Waals surface area (Å²) in [6.45, 7) is 10.9. The molecule has 2 N–H and O–H groups in total. The molecular formula is C19H31ClN2OS. The van der Waals surface area contributed by atoms with E-state index in [4.69, 9.17) is 0 Å². The van der Waals surface area contributed by atoms with E-state index in [1.807, 2.05) is 17.8 Å². The van der Waals surface area contributed by atoms with Gasteiger partial charge in [0.25, 0.3) is 0 Å². The molecule has 5 heteroatoms. The van der Waals surface area contributed by atoms with Crippen LogP contribution in [0, 0.1) is 12.8 Å². The highest BCUT2D eigenvalue weighted by molar-refractivity contribution is 8.00. The van der Waals surface area contributed by atoms with E-state index >= 15 is 0 Å². The van der Waals surface area contributed by atoms with Crippen LogP contribution in [0.5, 0.6) is 0 Å². The number of halogens is 1. The van der Waals surface area contributed by atoms with Crippen molar-refractivity contribution in [1.29, 1.82) is 0 Å². The lowest BCUT2D eigenvalue weighted by atomic mass is 9.93. The Bertz CT molecular complexity index is 537. The minimum Gasteiger partial charge on any atom is -0.326 e. The Balaban J connectivity index is 0.00000288. The number of piperidine rings is 1. The summed E-state index contributed by atoms with van der Waals surface area (Å²) in [5.74, 6) is 0.844. The Morgan fingerprint density at radius 2 is 1.96 bits per heavy atom. The first-order valence-electron chi connectivity index (χ1n) is 8.64. The summed E-state index contributed by atoms with van der Waals surface area (Å²) < 4.78 is 0.200. The lowest BCUT2D eigenvalue weighted by molar-refractivity contribution is -0.116. The van der Waals surface area contributed by atoms with Crippen LogP contribution in [0.15, 0.2) is 23.1 Å². The normalized spacial score (nSPS) is 15.7. The lowest BCUT2D eigenvalue weighted by Gasteiger charge is -2.22. The predicted molar refractivity (Wildman–Crippen MR) is 107 cm³/mol. The third-order valence-corrected chi connectivity index (χ3v) is 5.24. The molecule has 1 aromatic carbocycles. The lowest BCUT2D eigenvalue weighted by Crippen LogP contribution is -2.28. The van der Waals surface area contributed by atoms with E-state index in [0.29, 0.717) is 12.3 Å². The van der Waals surface area contributed by atoms with Gasteiger partial charge in [-0.25, -0.2) is 0 Å². The summed E-state index contributed by atoms with van der Waals surface area (Å²) in [6.07, 6.45) is 4.03. The largest absolute Gasteiger partial charge is 0.326 e. The number of amides is 1. The van der Waals surface area contributed by atoms with Crippen LogP contribution < -0.4 is 10.6 Å². The Morgan fingerprint density at radius 1 is 1.29 bits per heavy atom. The van der Waals surface area contributed by atoms with Gasteiger partial charge in [-0.15, -0.1) is 24.2 Å². The number of anilines is 1. The van der Waals surface area contributed by atoms with E-state index in [1.165, 1.54) is 17.7 Å². The van der Waals surface area contributed by atoms with E-state index in [2.05, 4.69) is 50.5 Å². The predicted octanol–water partition coefficient (Wildman–Crippen LogP) is 5.03. The molecule has 0 radical (unpaired) electrons. The fraction of sp³-hybridized carbons (Fsp3) is 0.632. The number of carbonyl (C=O) groups is 1. The number of nitrogens with one attached hydrogen (secondary N) is 2. The standard InChI is InChI=1S/C19H30N2OS.ClH/c1-14-13-16(23-19(2,3)4)6-7-17(14)21-18(22)8-5-15-9-11-20-12-10-15;/h6-7,13,15,20H,5,8-12H2,1-4H3,(H,21,22);1H. The van der Waals surface area contributed by atoms with Gasteiger partial charge < -0.3 is 10.6 Å². The Kier molecular flexibility index (Phi) is 8.61. The molecule has 3 nitrogen and oxygen atoms in total. The van der Waals surface area contributed by atoms with Gasteiger partial charge in [-0.3, -0.25) is 4.79 Å². The Labute approximate surface area is 157 Å². The molecule has 0 spiro atoms. The van der Waals surface area contributed by atoms with Crippen molar-refractivity contribution in [2.24, 2.45) is 5.92 Å². The number of thioether (sulfide) groups is 1. The maximum absolute atomic E-state index is 12.2. The van der Waals surface area contributed by atoms with Crippen molar-refractivity contribution in [3.63, 3.8) is 0 Å². The maximum atomic E-state index is 12.2. The van der Waals surface area contributed by atoms with E-state index in [1.54, 1.807) is 0 Å². The van der Waals surface area contributed by atoms with Crippen LogP contribution >= 0.6 is 24.2 Å². The van der Waals surface area contributed by atoms with Gasteiger partial charge >= 0.3 is 0 Å². The summed E-state index contributed by atoms with van der Waals surface area (Å²) in [4.78, 5) is 13.4. The van der Waals surface area contributed by atoms with Crippen LogP contribution in [0.1, 0.15) is 52.0 Å². The van der Waals surface area contributed by atoms with Gasteiger partial charge in [-0.05, 0) is 69.0 Å². The zero-order valence-corrected chi connectivity index (χ0v) is 16.9. The van der Waals surface area contributed by atoms with Crippen LogP contribution in [0.2, 0.25) is 0 Å². The van der Waals surface area contributed by atoms with E-state index < -0.39 is 0 Å². The summed E-state index contributed by atoms with van der Waals surface area (Å²) in [5.41, 5.74) is 2.08. The van der Waals surface area contributed by atoms with Crippen molar-refractivity contribution < 1.29 is 4.79 Å². The van der Waals surface area contributed by atoms with Gasteiger partial charge in [0.15, 0.2) is 0 Å². The molecule has 2 rings (SSSR count). The summed E-state index contributed by atoms with van der Waals surface area (Å²) in [7, 11) is 0. The molecule has 1 aliphatic rings. The van der Waals surface area contributed by atoms with Gasteiger partial charge in [-0.1, -0.05) is 20.8 Å². The van der Waals surface area contributed by atoms with Crippen LogP contribution in [-0.2, 0) is 4.79 Å². The third kappa shape index (κ3) is 7.45. The smallest absolute Gasteiger partial charge is 0.224 e. The fourth-order valence-electron chi connectivity index (χ4n) is 2.91. The quantitative estimate of drug-likeness (QED) is 0.714. The minimum atomic E-state index is 0. The number of rotatable bonds is 5. The molecule has 0 aliphatic carbocycles. The minimum absolute atomic E-state index is 0. The van der Waals surface area contributed by atoms with Gasteiger partial charge in [0, 0.05) is 21.8 Å². The second-order valence-electron chi connectivity index (χ2n) is 7.47. The van der Waals surface area contributed by atoms with Crippen molar-refractivity contribution >= 4 is 35.8 Å². The third-order valence-electron chi connectivity index (χ3n) is 4.13. The number of aryl methyl sites for hydroxylation is 1. The Morgan fingerprint density at radius 3 is 2.54 bits per heavy atom. The summed E-state index contributed by atoms with van der Waals surface area (Å²) in [6, 6.07) is 6.30. The van der Waals surface area contributed by atoms with Gasteiger partial charge in [0.1, 0.15) is 0 Å². The fourth-order valence-corrected chi connectivity index (χ4v) is 3.99. The second-order valence-corrected chi connectivity index (χ2v) is 9.37. The molecule has 24 heavy (non-hydrogen) atoms. The van der Waals surface area contributed by atoms with Crippen molar-refractivity contribution in [3.05, 3.63) is 23.8 Å². The van der Waals surface area contributed by atoms with Crippen LogP contribution in [0.25, 0.3) is 0 Å². The highest BCUT2D eigenvalue weighted by Gasteiger charge is 2.16. The second kappa shape index (κ2) is 9.69. The molecule has 1 saturated heterocycles. The molecule has 136 valence electrons. The molecule has 1 aromatic rings. The molecular weight excluding hydrogens is 340 g/mol. The highest BCUT2D eigenvalue weighted by Crippen LogP contribution is 2.33. The van der Waals surface area contributed by atoms with Gasteiger partial charge in [0.2, 0.25) is 5.91 Å². The summed E-state index contributed by atoms with van der Waals surface area (Å²) >= 11 is 1.85. The van der Waals surface area contributed by atoms with Crippen molar-refractivity contribution in [2.45, 2.75) is 63.0 Å². The van der Waals surface area contributed by atoms with Crippen molar-refractivity contribution in [1.82, 2.24) is 5.32 Å². The SMILES string of the molecule is Cc1cc(SC(C)(C)C)ccc1NC(=O)CCC1CCNCC1.Cl. The molecule has 1 fully saturated rings. The van der Waals surface area contributed by atoms with Gasteiger partial charge in [-0.2, -0.15) is 0 Å². The number of benzene rings is 1. The van der Waals surface area contributed by atoms with Gasteiger partial charge in [0.05, 0.1) is 0 Å². The van der Waals surface area contributed by atoms with Crippen molar-refractivity contribution in [3.8, 4) is 0 Å². The maximum Gasteiger partial charge on any atom is 0.224 e. The zero-order valence-electron chi connectivity index (χ0n) is 15.3. The van der Waals surface area contributed by atoms with Crippen molar-refractivity contribution in [2.75, 3.05) is 18.4 Å². The summed E-state index contributed by atoms with van der Waals surface area (Å²) in [5, 5.41) is 6.44.